The van der Waals surface area contributed by atoms with Gasteiger partial charge in [-0.05, 0) is 12.1 Å². The number of fused-ring (bicyclic) bond motifs is 1. The molecule has 1 fully saturated rings. The molecule has 3 N–H and O–H groups in total. The average Bonchev–Trinajstić information content (AvgIpc) is 3.29. The molecule has 1 atom stereocenters. The third-order valence-electron chi connectivity index (χ3n) is 5.09. The van der Waals surface area contributed by atoms with Gasteiger partial charge in [0.25, 0.3) is 11.8 Å². The molecule has 164 valence electrons. The van der Waals surface area contributed by atoms with Gasteiger partial charge >= 0.3 is 6.18 Å². The maximum atomic E-state index is 13.4. The minimum Gasteiger partial charge on any atom is -0.369 e. The number of likely N-dealkylation sites (N-methyl/N-ethyl adjacent to an activating group) is 1. The second kappa shape index (κ2) is 7.35. The molecule has 0 saturated carbocycles. The van der Waals surface area contributed by atoms with E-state index in [0.29, 0.717) is 23.9 Å². The number of aromatic nitrogens is 3. The third kappa shape index (κ3) is 3.65. The number of carbonyl (C=O) groups is 2. The molecule has 1 aliphatic rings. The number of alkyl halides is 3. The van der Waals surface area contributed by atoms with Crippen molar-refractivity contribution in [3.63, 3.8) is 0 Å². The van der Waals surface area contributed by atoms with Crippen LogP contribution in [0.2, 0.25) is 0 Å². The van der Waals surface area contributed by atoms with E-state index >= 15 is 0 Å². The lowest BCUT2D eigenvalue weighted by Crippen LogP contribution is -2.37. The molecular weight excluding hydrogens is 427 g/mol. The first kappa shape index (κ1) is 21.3. The number of likely N-dealkylation sites (tertiary alicyclic amines) is 1. The van der Waals surface area contributed by atoms with E-state index in [-0.39, 0.29) is 23.5 Å². The van der Waals surface area contributed by atoms with Gasteiger partial charge in [-0.1, -0.05) is 24.0 Å². The summed E-state index contributed by atoms with van der Waals surface area (Å²) in [7, 11) is 1.56. The summed E-state index contributed by atoms with van der Waals surface area (Å²) < 4.78 is 40.8. The molecule has 3 aromatic rings. The quantitative estimate of drug-likeness (QED) is 0.582. The Morgan fingerprint density at radius 1 is 1.34 bits per heavy atom. The van der Waals surface area contributed by atoms with Crippen molar-refractivity contribution in [3.05, 3.63) is 53.6 Å². The number of hydrogen-bond donors (Lipinski definition) is 2. The van der Waals surface area contributed by atoms with Crippen LogP contribution in [-0.2, 0) is 11.0 Å². The topological polar surface area (TPSA) is 114 Å². The van der Waals surface area contributed by atoms with E-state index in [1.165, 1.54) is 11.0 Å². The number of nitrogens with two attached hydrogens (primary N) is 1. The SMILES string of the molecule is CN1CC[C@@](O)(C#Cc2cccc(-c3nc(C(N)=O)cn4c(C(F)(F)F)cnc34)c2)C1=O. The zero-order valence-corrected chi connectivity index (χ0v) is 16.6. The van der Waals surface area contributed by atoms with Crippen molar-refractivity contribution in [2.45, 2.75) is 18.2 Å². The normalized spacial score (nSPS) is 18.7. The fraction of sp³-hybridized carbons (Fsp3) is 0.238. The molecule has 1 aromatic carbocycles. The maximum absolute atomic E-state index is 13.4. The molecule has 4 rings (SSSR count). The van der Waals surface area contributed by atoms with E-state index in [9.17, 15) is 27.9 Å². The van der Waals surface area contributed by atoms with Gasteiger partial charge < -0.3 is 15.7 Å². The van der Waals surface area contributed by atoms with Gasteiger partial charge in [0.15, 0.2) is 5.65 Å². The van der Waals surface area contributed by atoms with Crippen molar-refractivity contribution in [1.82, 2.24) is 19.3 Å². The van der Waals surface area contributed by atoms with Crippen LogP contribution in [0.4, 0.5) is 13.2 Å². The number of primary amides is 1. The van der Waals surface area contributed by atoms with E-state index in [2.05, 4.69) is 21.8 Å². The lowest BCUT2D eigenvalue weighted by Gasteiger charge is -2.13. The van der Waals surface area contributed by atoms with Crippen LogP contribution in [0.5, 0.6) is 0 Å². The van der Waals surface area contributed by atoms with E-state index in [4.69, 9.17) is 5.73 Å². The van der Waals surface area contributed by atoms with Crippen molar-refractivity contribution in [2.24, 2.45) is 5.73 Å². The van der Waals surface area contributed by atoms with Gasteiger partial charge in [-0.2, -0.15) is 13.2 Å². The fourth-order valence-electron chi connectivity index (χ4n) is 3.40. The first-order chi connectivity index (χ1) is 15.0. The summed E-state index contributed by atoms with van der Waals surface area (Å²) >= 11 is 0. The van der Waals surface area contributed by atoms with Gasteiger partial charge in [-0.25, -0.2) is 9.97 Å². The van der Waals surface area contributed by atoms with Crippen LogP contribution in [0, 0.1) is 11.8 Å². The summed E-state index contributed by atoms with van der Waals surface area (Å²) in [5, 5.41) is 10.4. The summed E-state index contributed by atoms with van der Waals surface area (Å²) in [5.41, 5.74) is 2.58. The molecule has 0 spiro atoms. The summed E-state index contributed by atoms with van der Waals surface area (Å²) in [6.45, 7) is 0.368. The van der Waals surface area contributed by atoms with Gasteiger partial charge in [-0.15, -0.1) is 0 Å². The lowest BCUT2D eigenvalue weighted by atomic mass is 10.0. The van der Waals surface area contributed by atoms with E-state index in [1.54, 1.807) is 25.2 Å². The van der Waals surface area contributed by atoms with Crippen molar-refractivity contribution in [1.29, 1.82) is 0 Å². The molecular formula is C21H16F3N5O3. The van der Waals surface area contributed by atoms with Crippen LogP contribution in [-0.4, -0.2) is 55.4 Å². The molecule has 2 amide bonds. The monoisotopic (exact) mass is 443 g/mol. The molecule has 0 radical (unpaired) electrons. The molecule has 0 aliphatic carbocycles. The first-order valence-electron chi connectivity index (χ1n) is 9.36. The van der Waals surface area contributed by atoms with Crippen LogP contribution >= 0.6 is 0 Å². The molecule has 32 heavy (non-hydrogen) atoms. The number of nitrogens with zero attached hydrogens (tertiary/aromatic N) is 4. The Labute approximate surface area is 179 Å². The van der Waals surface area contributed by atoms with Gasteiger partial charge in [0.1, 0.15) is 17.1 Å². The largest absolute Gasteiger partial charge is 0.433 e. The molecule has 3 heterocycles. The summed E-state index contributed by atoms with van der Waals surface area (Å²) in [5.74, 6) is 3.80. The Morgan fingerprint density at radius 2 is 2.09 bits per heavy atom. The van der Waals surface area contributed by atoms with Crippen molar-refractivity contribution in [3.8, 4) is 23.1 Å². The van der Waals surface area contributed by atoms with Crippen LogP contribution < -0.4 is 5.73 Å². The molecule has 0 bridgehead atoms. The maximum Gasteiger partial charge on any atom is 0.433 e. The van der Waals surface area contributed by atoms with Gasteiger partial charge in [0.2, 0.25) is 5.60 Å². The highest BCUT2D eigenvalue weighted by Gasteiger charge is 2.42. The predicted octanol–water partition coefficient (Wildman–Crippen LogP) is 1.46. The number of aliphatic hydroxyl groups is 1. The van der Waals surface area contributed by atoms with E-state index < -0.39 is 29.3 Å². The van der Waals surface area contributed by atoms with Gasteiger partial charge in [-0.3, -0.25) is 14.0 Å². The minimum absolute atomic E-state index is 0.00385. The highest BCUT2D eigenvalue weighted by molar-refractivity contribution is 5.92. The number of benzene rings is 1. The number of imidazole rings is 1. The van der Waals surface area contributed by atoms with Crippen molar-refractivity contribution < 1.29 is 27.9 Å². The molecule has 1 aliphatic heterocycles. The van der Waals surface area contributed by atoms with E-state index in [0.717, 1.165) is 10.6 Å². The number of hydrogen-bond acceptors (Lipinski definition) is 5. The number of amides is 2. The second-order valence-electron chi connectivity index (χ2n) is 7.34. The average molecular weight is 443 g/mol. The Bertz CT molecular complexity index is 1320. The van der Waals surface area contributed by atoms with Gasteiger partial charge in [0.05, 0.1) is 6.20 Å². The van der Waals surface area contributed by atoms with Crippen LogP contribution in [0.25, 0.3) is 16.9 Å². The van der Waals surface area contributed by atoms with Crippen LogP contribution in [0.3, 0.4) is 0 Å². The molecule has 2 aromatic heterocycles. The predicted molar refractivity (Wildman–Crippen MR) is 106 cm³/mol. The minimum atomic E-state index is -4.71. The smallest absolute Gasteiger partial charge is 0.369 e. The fourth-order valence-corrected chi connectivity index (χ4v) is 3.40. The number of rotatable bonds is 2. The third-order valence-corrected chi connectivity index (χ3v) is 5.09. The molecule has 0 unspecified atom stereocenters. The Hall–Kier alpha value is -3.91. The lowest BCUT2D eigenvalue weighted by molar-refractivity contribution is -0.141. The highest BCUT2D eigenvalue weighted by atomic mass is 19.4. The summed E-state index contributed by atoms with van der Waals surface area (Å²) in [6.07, 6.45) is -3.02. The zero-order valence-electron chi connectivity index (χ0n) is 16.6. The Balaban J connectivity index is 1.83. The molecule has 8 nitrogen and oxygen atoms in total. The first-order valence-corrected chi connectivity index (χ1v) is 9.36. The summed E-state index contributed by atoms with van der Waals surface area (Å²) in [4.78, 5) is 33.1. The number of carbonyl (C=O) groups excluding carboxylic acids is 2. The van der Waals surface area contributed by atoms with Crippen molar-refractivity contribution in [2.75, 3.05) is 13.6 Å². The second-order valence-corrected chi connectivity index (χ2v) is 7.34. The zero-order chi connectivity index (χ0) is 23.3. The standard InChI is InChI=1S/C21H16F3N5O3/c1-28-8-7-20(32,19(28)31)6-5-12-3-2-4-13(9-12)16-18-26-10-15(21(22,23)24)29(18)11-14(27-16)17(25)30/h2-4,9-11,32H,7-8H2,1H3,(H2,25,30)/t20-/m0/s1. The number of halogens is 3. The Kier molecular flexibility index (Phi) is 4.90. The molecule has 11 heteroatoms. The van der Waals surface area contributed by atoms with Crippen LogP contribution in [0.1, 0.15) is 28.2 Å². The van der Waals surface area contributed by atoms with Gasteiger partial charge in [0, 0.05) is 37.3 Å². The molecule has 1 saturated heterocycles. The van der Waals surface area contributed by atoms with Crippen molar-refractivity contribution >= 4 is 17.5 Å². The van der Waals surface area contributed by atoms with Crippen LogP contribution in [0.15, 0.2) is 36.7 Å². The Morgan fingerprint density at radius 3 is 2.72 bits per heavy atom. The summed E-state index contributed by atoms with van der Waals surface area (Å²) in [6, 6.07) is 6.25. The highest BCUT2D eigenvalue weighted by Crippen LogP contribution is 2.32. The van der Waals surface area contributed by atoms with E-state index in [1.807, 2.05) is 0 Å².